The van der Waals surface area contributed by atoms with E-state index in [0.29, 0.717) is 0 Å². The van der Waals surface area contributed by atoms with Gasteiger partial charge in [-0.05, 0) is 15.9 Å². The lowest BCUT2D eigenvalue weighted by Gasteiger charge is -2.31. The maximum atomic E-state index is 13.0. The van der Waals surface area contributed by atoms with Crippen molar-refractivity contribution in [1.29, 1.82) is 0 Å². The number of rotatable bonds is 4. The molecule has 0 saturated carbocycles. The number of ether oxygens (including phenoxy) is 1. The Kier molecular flexibility index (Phi) is 4.05. The van der Waals surface area contributed by atoms with Crippen molar-refractivity contribution in [3.8, 4) is 0 Å². The molecule has 0 aromatic heterocycles. The fourth-order valence-electron chi connectivity index (χ4n) is 0.602. The Bertz CT molecular complexity index is 235. The van der Waals surface area contributed by atoms with Crippen molar-refractivity contribution < 1.29 is 35.5 Å². The molecule has 2 unspecified atom stereocenters. The Morgan fingerprint density at radius 3 is 1.73 bits per heavy atom. The molecule has 0 heterocycles. The van der Waals surface area contributed by atoms with Crippen molar-refractivity contribution in [3.63, 3.8) is 0 Å². The molecular formula is C6H4BrF7O. The van der Waals surface area contributed by atoms with Gasteiger partial charge in [0.25, 0.3) is 6.17 Å². The summed E-state index contributed by atoms with van der Waals surface area (Å²) < 4.78 is 88.6. The standard InChI is InChI=1S/C6H4BrF7O/c1-2-15-4(9,6(7,13)14)3(8)5(10,11)12/h2-3H,1H2. The Labute approximate surface area is 88.0 Å². The first kappa shape index (κ1) is 14.5. The van der Waals surface area contributed by atoms with Gasteiger partial charge in [0.1, 0.15) is 0 Å². The van der Waals surface area contributed by atoms with Crippen molar-refractivity contribution in [3.05, 3.63) is 12.8 Å². The summed E-state index contributed by atoms with van der Waals surface area (Å²) >= 11 is 1.27. The van der Waals surface area contributed by atoms with E-state index in [-0.39, 0.29) is 6.26 Å². The Balaban J connectivity index is 5.21. The predicted octanol–water partition coefficient (Wildman–Crippen LogP) is 3.70. The van der Waals surface area contributed by atoms with Crippen molar-refractivity contribution in [2.24, 2.45) is 0 Å². The van der Waals surface area contributed by atoms with Gasteiger partial charge in [0.2, 0.25) is 0 Å². The van der Waals surface area contributed by atoms with E-state index < -0.39 is 23.0 Å². The van der Waals surface area contributed by atoms with Gasteiger partial charge in [0, 0.05) is 0 Å². The van der Waals surface area contributed by atoms with Gasteiger partial charge in [0.05, 0.1) is 6.26 Å². The van der Waals surface area contributed by atoms with Crippen LogP contribution in [0.4, 0.5) is 30.7 Å². The van der Waals surface area contributed by atoms with E-state index in [2.05, 4.69) is 11.3 Å². The quantitative estimate of drug-likeness (QED) is 0.437. The normalized spacial score (nSPS) is 19.2. The van der Waals surface area contributed by atoms with Gasteiger partial charge >= 0.3 is 16.9 Å². The molecule has 0 rings (SSSR count). The summed E-state index contributed by atoms with van der Waals surface area (Å²) in [5.74, 6) is -4.90. The van der Waals surface area contributed by atoms with Gasteiger partial charge in [-0.2, -0.15) is 26.3 Å². The van der Waals surface area contributed by atoms with Gasteiger partial charge in [0.15, 0.2) is 0 Å². The third-order valence-corrected chi connectivity index (χ3v) is 1.80. The molecule has 9 heteroatoms. The van der Waals surface area contributed by atoms with E-state index in [0.717, 1.165) is 0 Å². The zero-order chi connectivity index (χ0) is 12.5. The van der Waals surface area contributed by atoms with Crippen LogP contribution in [0.15, 0.2) is 12.8 Å². The van der Waals surface area contributed by atoms with Crippen molar-refractivity contribution in [1.82, 2.24) is 0 Å². The Morgan fingerprint density at radius 1 is 1.13 bits per heavy atom. The van der Waals surface area contributed by atoms with E-state index >= 15 is 0 Å². The largest absolute Gasteiger partial charge is 0.458 e. The molecule has 0 fully saturated rings. The molecule has 0 aliphatic heterocycles. The molecule has 0 N–H and O–H groups in total. The second-order valence-corrected chi connectivity index (χ2v) is 3.33. The third-order valence-electron chi connectivity index (χ3n) is 1.25. The number of hydrogen-bond acceptors (Lipinski definition) is 1. The van der Waals surface area contributed by atoms with E-state index in [1.807, 2.05) is 0 Å². The topological polar surface area (TPSA) is 9.23 Å². The molecule has 0 amide bonds. The minimum Gasteiger partial charge on any atom is -0.458 e. The minimum atomic E-state index is -5.82. The third kappa shape index (κ3) is 2.99. The first-order chi connectivity index (χ1) is 6.47. The lowest BCUT2D eigenvalue weighted by atomic mass is 10.2. The highest BCUT2D eigenvalue weighted by Gasteiger charge is 2.69. The summed E-state index contributed by atoms with van der Waals surface area (Å²) in [5.41, 5.74) is 0. The van der Waals surface area contributed by atoms with Crippen molar-refractivity contribution >= 4 is 15.9 Å². The molecule has 0 saturated heterocycles. The highest BCUT2D eigenvalue weighted by Crippen LogP contribution is 2.47. The summed E-state index contributed by atoms with van der Waals surface area (Å²) in [4.78, 5) is -4.86. The summed E-state index contributed by atoms with van der Waals surface area (Å²) in [5, 5.41) is 0. The molecule has 0 spiro atoms. The zero-order valence-corrected chi connectivity index (χ0v) is 8.38. The van der Waals surface area contributed by atoms with Gasteiger partial charge in [-0.15, -0.1) is 0 Å². The fourth-order valence-corrected chi connectivity index (χ4v) is 0.896. The van der Waals surface area contributed by atoms with Crippen LogP contribution in [0.5, 0.6) is 0 Å². The second-order valence-electron chi connectivity index (χ2n) is 2.33. The first-order valence-corrected chi connectivity index (χ1v) is 4.01. The molecule has 1 nitrogen and oxygen atoms in total. The fraction of sp³-hybridized carbons (Fsp3) is 0.667. The van der Waals surface area contributed by atoms with E-state index in [9.17, 15) is 30.7 Å². The van der Waals surface area contributed by atoms with Crippen LogP contribution in [0.25, 0.3) is 0 Å². The molecule has 0 aromatic rings. The van der Waals surface area contributed by atoms with Gasteiger partial charge in [-0.1, -0.05) is 6.58 Å². The molecule has 0 aromatic carbocycles. The average molecular weight is 305 g/mol. The van der Waals surface area contributed by atoms with E-state index in [4.69, 9.17) is 0 Å². The van der Waals surface area contributed by atoms with Crippen LogP contribution in [0.1, 0.15) is 0 Å². The van der Waals surface area contributed by atoms with Crippen LogP contribution in [0.2, 0.25) is 0 Å². The van der Waals surface area contributed by atoms with Gasteiger partial charge in [-0.25, -0.2) is 4.39 Å². The highest BCUT2D eigenvalue weighted by molar-refractivity contribution is 9.10. The molecule has 2 atom stereocenters. The first-order valence-electron chi connectivity index (χ1n) is 3.22. The smallest absolute Gasteiger partial charge is 0.426 e. The van der Waals surface area contributed by atoms with Crippen molar-refractivity contribution in [2.75, 3.05) is 0 Å². The average Bonchev–Trinajstić information content (AvgIpc) is 1.99. The summed E-state index contributed by atoms with van der Waals surface area (Å²) in [6, 6.07) is 0. The lowest BCUT2D eigenvalue weighted by molar-refractivity contribution is -0.310. The zero-order valence-electron chi connectivity index (χ0n) is 6.79. The SMILES string of the molecule is C=COC(F)(C(F)C(F)(F)F)C(F)(F)Br. The van der Waals surface area contributed by atoms with E-state index in [1.54, 1.807) is 0 Å². The second kappa shape index (κ2) is 4.18. The van der Waals surface area contributed by atoms with Crippen LogP contribution in [-0.2, 0) is 4.74 Å². The lowest BCUT2D eigenvalue weighted by Crippen LogP contribution is -2.55. The Hall–Kier alpha value is -0.470. The molecule has 15 heavy (non-hydrogen) atoms. The van der Waals surface area contributed by atoms with Crippen LogP contribution in [0, 0.1) is 0 Å². The number of hydrogen-bond donors (Lipinski definition) is 0. The molecule has 0 bridgehead atoms. The number of alkyl halides is 8. The summed E-state index contributed by atoms with van der Waals surface area (Å²) in [6.07, 6.45) is -10.4. The minimum absolute atomic E-state index is 0.0481. The summed E-state index contributed by atoms with van der Waals surface area (Å²) in [7, 11) is 0. The molecule has 90 valence electrons. The van der Waals surface area contributed by atoms with Crippen molar-refractivity contribution in [2.45, 2.75) is 23.0 Å². The number of halogens is 8. The molecule has 0 radical (unpaired) electrons. The van der Waals surface area contributed by atoms with Crippen LogP contribution in [-0.4, -0.2) is 23.0 Å². The monoisotopic (exact) mass is 304 g/mol. The van der Waals surface area contributed by atoms with Crippen LogP contribution >= 0.6 is 15.9 Å². The van der Waals surface area contributed by atoms with Crippen LogP contribution in [0.3, 0.4) is 0 Å². The summed E-state index contributed by atoms with van der Waals surface area (Å²) in [6.45, 7) is 2.57. The maximum Gasteiger partial charge on any atom is 0.426 e. The van der Waals surface area contributed by atoms with Crippen LogP contribution < -0.4 is 0 Å². The van der Waals surface area contributed by atoms with Gasteiger partial charge in [-0.3, -0.25) is 0 Å². The highest BCUT2D eigenvalue weighted by atomic mass is 79.9. The Morgan fingerprint density at radius 2 is 1.53 bits per heavy atom. The molecule has 0 aliphatic rings. The van der Waals surface area contributed by atoms with Gasteiger partial charge < -0.3 is 4.74 Å². The molecular weight excluding hydrogens is 301 g/mol. The maximum absolute atomic E-state index is 13.0. The molecule has 0 aliphatic carbocycles. The predicted molar refractivity (Wildman–Crippen MR) is 39.9 cm³/mol. The van der Waals surface area contributed by atoms with E-state index in [1.165, 1.54) is 15.9 Å².